The number of nitrogens with zero attached hydrogens (tertiary/aromatic N) is 2. The predicted octanol–water partition coefficient (Wildman–Crippen LogP) is 6.11. The van der Waals surface area contributed by atoms with Gasteiger partial charge in [-0.3, -0.25) is 13.9 Å². The molecule has 12 heteroatoms. The zero-order valence-corrected chi connectivity index (χ0v) is 25.9. The molecule has 0 spiro atoms. The van der Waals surface area contributed by atoms with Crippen molar-refractivity contribution in [2.24, 2.45) is 0 Å². The molecule has 0 fully saturated rings. The molecule has 0 saturated carbocycles. The van der Waals surface area contributed by atoms with Gasteiger partial charge in [0.2, 0.25) is 21.8 Å². The topological polar surface area (TPSA) is 86.8 Å². The molecule has 0 saturated heterocycles. The highest BCUT2D eigenvalue weighted by molar-refractivity contribution is 7.92. The Hall–Kier alpha value is -2.85. The van der Waals surface area contributed by atoms with Gasteiger partial charge in [-0.25, -0.2) is 12.8 Å². The number of anilines is 1. The monoisotopic (exact) mass is 641 g/mol. The quantitative estimate of drug-likeness (QED) is 0.242. The molecular formula is C29H31Cl3FN3O4S. The number of rotatable bonds is 12. The maximum atomic E-state index is 14.8. The standard InChI is InChI=1S/C29H31Cl3FN3O4S/c1-4-19(2)34-29(38)27(14-20-10-6-5-7-11-20)35(17-21-12-8-9-13-25(21)33)28(37)18-36(41(3,39)40)26-16-23(31)22(30)15-24(26)32/h5-13,15-16,19,27H,4,14,17-18H2,1-3H3,(H,34,38)/t19-,27+/m0/s1. The molecule has 0 aliphatic rings. The molecule has 0 aliphatic heterocycles. The van der Waals surface area contributed by atoms with Crippen LogP contribution in [-0.2, 0) is 32.6 Å². The molecule has 0 bridgehead atoms. The highest BCUT2D eigenvalue weighted by atomic mass is 35.5. The third kappa shape index (κ3) is 8.82. The van der Waals surface area contributed by atoms with E-state index in [4.69, 9.17) is 34.8 Å². The Morgan fingerprint density at radius 3 is 2.17 bits per heavy atom. The van der Waals surface area contributed by atoms with Crippen LogP contribution in [0.3, 0.4) is 0 Å². The SMILES string of the molecule is CC[C@H](C)NC(=O)[C@@H](Cc1ccccc1)N(Cc1ccccc1F)C(=O)CN(c1cc(Cl)c(Cl)cc1Cl)S(C)(=O)=O. The molecule has 0 heterocycles. The van der Waals surface area contributed by atoms with E-state index in [1.165, 1.54) is 35.2 Å². The first-order chi connectivity index (χ1) is 19.3. The van der Waals surface area contributed by atoms with Crippen molar-refractivity contribution in [2.45, 2.75) is 45.3 Å². The molecule has 3 aromatic rings. The minimum absolute atomic E-state index is 0.0327. The second kappa shape index (κ2) is 14.4. The zero-order chi connectivity index (χ0) is 30.3. The Labute approximate surface area is 255 Å². The molecular weight excluding hydrogens is 612 g/mol. The first-order valence-electron chi connectivity index (χ1n) is 12.8. The van der Waals surface area contributed by atoms with E-state index in [0.29, 0.717) is 6.42 Å². The fourth-order valence-electron chi connectivity index (χ4n) is 4.10. The van der Waals surface area contributed by atoms with Crippen LogP contribution < -0.4 is 9.62 Å². The number of carbonyl (C=O) groups is 2. The van der Waals surface area contributed by atoms with Gasteiger partial charge in [0.25, 0.3) is 0 Å². The van der Waals surface area contributed by atoms with Crippen LogP contribution in [0, 0.1) is 5.82 Å². The largest absolute Gasteiger partial charge is 0.352 e. The summed E-state index contributed by atoms with van der Waals surface area (Å²) in [6.45, 7) is 2.72. The predicted molar refractivity (Wildman–Crippen MR) is 162 cm³/mol. The number of amides is 2. The molecule has 0 unspecified atom stereocenters. The number of benzene rings is 3. The van der Waals surface area contributed by atoms with Gasteiger partial charge in [-0.2, -0.15) is 0 Å². The van der Waals surface area contributed by atoms with Crippen molar-refractivity contribution < 1.29 is 22.4 Å². The van der Waals surface area contributed by atoms with Gasteiger partial charge >= 0.3 is 0 Å². The van der Waals surface area contributed by atoms with Crippen LogP contribution in [0.4, 0.5) is 10.1 Å². The summed E-state index contributed by atoms with van der Waals surface area (Å²) in [6.07, 6.45) is 1.66. The first-order valence-corrected chi connectivity index (χ1v) is 15.8. The van der Waals surface area contributed by atoms with E-state index in [9.17, 15) is 22.4 Å². The van der Waals surface area contributed by atoms with Crippen LogP contribution in [0.25, 0.3) is 0 Å². The van der Waals surface area contributed by atoms with Crippen molar-refractivity contribution >= 4 is 62.3 Å². The van der Waals surface area contributed by atoms with Crippen LogP contribution in [0.15, 0.2) is 66.7 Å². The summed E-state index contributed by atoms with van der Waals surface area (Å²) in [5.74, 6) is -1.77. The smallest absolute Gasteiger partial charge is 0.244 e. The molecule has 3 aromatic carbocycles. The molecule has 0 aromatic heterocycles. The van der Waals surface area contributed by atoms with Gasteiger partial charge in [-0.1, -0.05) is 90.3 Å². The Morgan fingerprint density at radius 2 is 1.56 bits per heavy atom. The van der Waals surface area contributed by atoms with Crippen LogP contribution in [-0.4, -0.2) is 50.0 Å². The van der Waals surface area contributed by atoms with E-state index >= 15 is 0 Å². The Kier molecular flexibility index (Phi) is 11.4. The van der Waals surface area contributed by atoms with Gasteiger partial charge < -0.3 is 10.2 Å². The third-order valence-corrected chi connectivity index (χ3v) is 8.66. The average molecular weight is 643 g/mol. The summed E-state index contributed by atoms with van der Waals surface area (Å²) in [4.78, 5) is 28.9. The number of carbonyl (C=O) groups excluding carboxylic acids is 2. The van der Waals surface area contributed by atoms with E-state index in [2.05, 4.69) is 5.32 Å². The van der Waals surface area contributed by atoms with Crippen molar-refractivity contribution in [3.63, 3.8) is 0 Å². The Balaban J connectivity index is 2.11. The Bertz CT molecular complexity index is 1490. The highest BCUT2D eigenvalue weighted by Crippen LogP contribution is 2.35. The van der Waals surface area contributed by atoms with Crippen LogP contribution >= 0.6 is 34.8 Å². The number of halogens is 4. The molecule has 7 nitrogen and oxygen atoms in total. The highest BCUT2D eigenvalue weighted by Gasteiger charge is 2.34. The van der Waals surface area contributed by atoms with Gasteiger partial charge in [0.15, 0.2) is 0 Å². The summed E-state index contributed by atoms with van der Waals surface area (Å²) in [5, 5.41) is 3.00. The lowest BCUT2D eigenvalue weighted by atomic mass is 10.0. The minimum atomic E-state index is -4.08. The number of hydrogen-bond donors (Lipinski definition) is 1. The van der Waals surface area contributed by atoms with Crippen molar-refractivity contribution in [1.82, 2.24) is 10.2 Å². The van der Waals surface area contributed by atoms with Crippen LogP contribution in [0.2, 0.25) is 15.1 Å². The lowest BCUT2D eigenvalue weighted by molar-refractivity contribution is -0.140. The minimum Gasteiger partial charge on any atom is -0.352 e. The summed E-state index contributed by atoms with van der Waals surface area (Å²) in [6, 6.07) is 16.2. The lowest BCUT2D eigenvalue weighted by Gasteiger charge is -2.34. The lowest BCUT2D eigenvalue weighted by Crippen LogP contribution is -2.54. The van der Waals surface area contributed by atoms with Gasteiger partial charge in [0, 0.05) is 24.6 Å². The van der Waals surface area contributed by atoms with E-state index in [1.807, 2.05) is 32.0 Å². The average Bonchev–Trinajstić information content (AvgIpc) is 2.92. The van der Waals surface area contributed by atoms with Gasteiger partial charge in [0.05, 0.1) is 27.0 Å². The normalized spacial score (nSPS) is 12.9. The number of hydrogen-bond acceptors (Lipinski definition) is 4. The number of nitrogens with one attached hydrogen (secondary N) is 1. The van der Waals surface area contributed by atoms with E-state index in [1.54, 1.807) is 18.2 Å². The Morgan fingerprint density at radius 1 is 0.951 bits per heavy atom. The van der Waals surface area contributed by atoms with Crippen LogP contribution in [0.5, 0.6) is 0 Å². The van der Waals surface area contributed by atoms with Crippen molar-refractivity contribution in [1.29, 1.82) is 0 Å². The molecule has 0 radical (unpaired) electrons. The van der Waals surface area contributed by atoms with E-state index < -0.39 is 40.2 Å². The third-order valence-electron chi connectivity index (χ3n) is 6.51. The zero-order valence-electron chi connectivity index (χ0n) is 22.8. The molecule has 41 heavy (non-hydrogen) atoms. The van der Waals surface area contributed by atoms with Gasteiger partial charge in [0.1, 0.15) is 18.4 Å². The molecule has 0 aliphatic carbocycles. The summed E-state index contributed by atoms with van der Waals surface area (Å²) in [5.41, 5.74) is 0.857. The summed E-state index contributed by atoms with van der Waals surface area (Å²) < 4.78 is 41.4. The second-order valence-corrected chi connectivity index (χ2v) is 12.8. The first kappa shape index (κ1) is 32.7. The van der Waals surface area contributed by atoms with E-state index in [-0.39, 0.29) is 45.3 Å². The molecule has 2 amide bonds. The van der Waals surface area contributed by atoms with Gasteiger partial charge in [-0.15, -0.1) is 0 Å². The molecule has 2 atom stereocenters. The van der Waals surface area contributed by atoms with Crippen molar-refractivity contribution in [2.75, 3.05) is 17.1 Å². The van der Waals surface area contributed by atoms with E-state index in [0.717, 1.165) is 16.1 Å². The summed E-state index contributed by atoms with van der Waals surface area (Å²) >= 11 is 18.5. The maximum absolute atomic E-state index is 14.8. The summed E-state index contributed by atoms with van der Waals surface area (Å²) in [7, 11) is -4.08. The van der Waals surface area contributed by atoms with Crippen LogP contribution in [0.1, 0.15) is 31.4 Å². The fourth-order valence-corrected chi connectivity index (χ4v) is 5.65. The fraction of sp³-hybridized carbons (Fsp3) is 0.310. The van der Waals surface area contributed by atoms with Crippen molar-refractivity contribution in [3.05, 3.63) is 98.7 Å². The molecule has 220 valence electrons. The molecule has 1 N–H and O–H groups in total. The second-order valence-electron chi connectivity index (χ2n) is 9.62. The number of sulfonamides is 1. The molecule has 3 rings (SSSR count). The maximum Gasteiger partial charge on any atom is 0.244 e. The van der Waals surface area contributed by atoms with Crippen molar-refractivity contribution in [3.8, 4) is 0 Å². The van der Waals surface area contributed by atoms with Gasteiger partial charge in [-0.05, 0) is 37.1 Å².